The minimum absolute atomic E-state index is 0.0498. The molecule has 0 saturated carbocycles. The Labute approximate surface area is 130 Å². The number of hydrogen-bond acceptors (Lipinski definition) is 3. The molecule has 0 radical (unpaired) electrons. The summed E-state index contributed by atoms with van der Waals surface area (Å²) in [6.45, 7) is 5.72. The van der Waals surface area contributed by atoms with Crippen molar-refractivity contribution in [1.29, 1.82) is 0 Å². The molecule has 2 aromatic carbocycles. The highest BCUT2D eigenvalue weighted by Gasteiger charge is 2.09. The number of rotatable bonds is 3. The van der Waals surface area contributed by atoms with Crippen molar-refractivity contribution in [1.82, 2.24) is 4.98 Å². The number of fused-ring (bicyclic) bond motifs is 1. The molecular weight excluding hydrogens is 272 g/mol. The van der Waals surface area contributed by atoms with Gasteiger partial charge in [-0.05, 0) is 50.6 Å². The highest BCUT2D eigenvalue weighted by Crippen LogP contribution is 2.29. The molecule has 1 heterocycles. The highest BCUT2D eigenvalue weighted by atomic mass is 16.1. The number of hydrogen-bond donors (Lipinski definition) is 1. The summed E-state index contributed by atoms with van der Waals surface area (Å²) in [5, 5.41) is 4.46. The number of anilines is 2. The first-order valence-corrected chi connectivity index (χ1v) is 7.29. The van der Waals surface area contributed by atoms with E-state index in [4.69, 9.17) is 0 Å². The van der Waals surface area contributed by atoms with Crippen LogP contribution in [0.4, 0.5) is 11.4 Å². The van der Waals surface area contributed by atoms with Crippen LogP contribution in [0.5, 0.6) is 0 Å². The predicted molar refractivity (Wildman–Crippen MR) is 90.9 cm³/mol. The Morgan fingerprint density at radius 2 is 1.82 bits per heavy atom. The van der Waals surface area contributed by atoms with Gasteiger partial charge in [-0.15, -0.1) is 0 Å². The van der Waals surface area contributed by atoms with Crippen molar-refractivity contribution in [2.24, 2.45) is 0 Å². The van der Waals surface area contributed by atoms with Crippen molar-refractivity contribution < 1.29 is 4.79 Å². The van der Waals surface area contributed by atoms with Crippen LogP contribution in [0.1, 0.15) is 28.4 Å². The van der Waals surface area contributed by atoms with Crippen LogP contribution >= 0.6 is 0 Å². The number of carbonyl (C=O) groups is 1. The molecule has 1 N–H and O–H groups in total. The van der Waals surface area contributed by atoms with E-state index in [2.05, 4.69) is 36.3 Å². The normalized spacial score (nSPS) is 10.7. The Morgan fingerprint density at radius 1 is 1.05 bits per heavy atom. The Morgan fingerprint density at radius 3 is 2.59 bits per heavy atom. The summed E-state index contributed by atoms with van der Waals surface area (Å²) in [6, 6.07) is 13.8. The van der Waals surface area contributed by atoms with E-state index in [1.807, 2.05) is 30.3 Å². The van der Waals surface area contributed by atoms with Crippen molar-refractivity contribution in [3.63, 3.8) is 0 Å². The molecule has 0 spiro atoms. The quantitative estimate of drug-likeness (QED) is 0.705. The number of para-hydroxylation sites is 1. The van der Waals surface area contributed by atoms with Gasteiger partial charge in [-0.3, -0.25) is 9.78 Å². The third-order valence-corrected chi connectivity index (χ3v) is 3.76. The smallest absolute Gasteiger partial charge is 0.161 e. The van der Waals surface area contributed by atoms with Gasteiger partial charge in [0.25, 0.3) is 0 Å². The van der Waals surface area contributed by atoms with E-state index in [0.29, 0.717) is 5.56 Å². The van der Waals surface area contributed by atoms with Crippen molar-refractivity contribution >= 4 is 28.1 Å². The molecule has 3 nitrogen and oxygen atoms in total. The summed E-state index contributed by atoms with van der Waals surface area (Å²) in [4.78, 5) is 16.3. The molecule has 0 aliphatic carbocycles. The van der Waals surface area contributed by atoms with E-state index < -0.39 is 0 Å². The zero-order chi connectivity index (χ0) is 15.7. The van der Waals surface area contributed by atoms with Crippen LogP contribution in [0.15, 0.2) is 48.7 Å². The number of nitrogens with one attached hydrogen (secondary N) is 1. The number of ketones is 1. The van der Waals surface area contributed by atoms with Gasteiger partial charge >= 0.3 is 0 Å². The lowest BCUT2D eigenvalue weighted by Crippen LogP contribution is -2.01. The van der Waals surface area contributed by atoms with Crippen molar-refractivity contribution in [3.05, 3.63) is 65.4 Å². The number of benzene rings is 2. The molecule has 0 atom stereocenters. The predicted octanol–water partition coefficient (Wildman–Crippen LogP) is 4.80. The molecule has 22 heavy (non-hydrogen) atoms. The first-order chi connectivity index (χ1) is 10.6. The highest BCUT2D eigenvalue weighted by molar-refractivity contribution is 6.02. The van der Waals surface area contributed by atoms with Gasteiger partial charge in [-0.1, -0.05) is 23.8 Å². The topological polar surface area (TPSA) is 42.0 Å². The second-order valence-electron chi connectivity index (χ2n) is 5.56. The first-order valence-electron chi connectivity index (χ1n) is 7.29. The Hall–Kier alpha value is -2.68. The largest absolute Gasteiger partial charge is 0.354 e. The number of aryl methyl sites for hydroxylation is 2. The summed E-state index contributed by atoms with van der Waals surface area (Å²) in [7, 11) is 0. The number of pyridine rings is 1. The van der Waals surface area contributed by atoms with Crippen LogP contribution in [-0.2, 0) is 0 Å². The summed E-state index contributed by atoms with van der Waals surface area (Å²) in [5.41, 5.74) is 5.80. The zero-order valence-corrected chi connectivity index (χ0v) is 13.0. The third-order valence-electron chi connectivity index (χ3n) is 3.76. The molecule has 0 amide bonds. The average Bonchev–Trinajstić information content (AvgIpc) is 2.48. The second kappa shape index (κ2) is 5.60. The number of nitrogens with zero attached hydrogens (tertiary/aromatic N) is 1. The lowest BCUT2D eigenvalue weighted by Gasteiger charge is -2.13. The van der Waals surface area contributed by atoms with Crippen LogP contribution < -0.4 is 5.32 Å². The van der Waals surface area contributed by atoms with E-state index in [0.717, 1.165) is 27.8 Å². The summed E-state index contributed by atoms with van der Waals surface area (Å²) in [6.07, 6.45) is 1.80. The molecule has 0 aliphatic heterocycles. The molecule has 0 fully saturated rings. The standard InChI is InChI=1S/C19H18N2O/c1-12-10-13(2)19-16(11-12)18(8-9-20-19)21-17-7-5-4-6-15(17)14(3)22/h4-11H,1-3H3,(H,20,21). The Bertz CT molecular complexity index is 868. The minimum Gasteiger partial charge on any atom is -0.354 e. The van der Waals surface area contributed by atoms with Crippen LogP contribution in [0.2, 0.25) is 0 Å². The van der Waals surface area contributed by atoms with Gasteiger partial charge in [-0.25, -0.2) is 0 Å². The molecule has 3 heteroatoms. The van der Waals surface area contributed by atoms with E-state index in [-0.39, 0.29) is 5.78 Å². The van der Waals surface area contributed by atoms with Crippen molar-refractivity contribution in [2.45, 2.75) is 20.8 Å². The maximum absolute atomic E-state index is 11.8. The fourth-order valence-corrected chi connectivity index (χ4v) is 2.77. The molecule has 0 unspecified atom stereocenters. The first kappa shape index (κ1) is 14.3. The summed E-state index contributed by atoms with van der Waals surface area (Å²) < 4.78 is 0. The van der Waals surface area contributed by atoms with E-state index >= 15 is 0 Å². The van der Waals surface area contributed by atoms with Gasteiger partial charge in [0.05, 0.1) is 5.52 Å². The van der Waals surface area contributed by atoms with Crippen LogP contribution in [0.3, 0.4) is 0 Å². The molecule has 3 rings (SSSR count). The molecule has 110 valence electrons. The molecule has 3 aromatic rings. The SMILES string of the molecule is CC(=O)c1ccccc1Nc1ccnc2c(C)cc(C)cc12. The van der Waals surface area contributed by atoms with Crippen LogP contribution in [0, 0.1) is 13.8 Å². The maximum Gasteiger partial charge on any atom is 0.161 e. The van der Waals surface area contributed by atoms with E-state index in [1.54, 1.807) is 13.1 Å². The molecular formula is C19H18N2O. The van der Waals surface area contributed by atoms with Gasteiger partial charge < -0.3 is 5.32 Å². The van der Waals surface area contributed by atoms with E-state index in [1.165, 1.54) is 5.56 Å². The molecule has 0 bridgehead atoms. The second-order valence-corrected chi connectivity index (χ2v) is 5.56. The van der Waals surface area contributed by atoms with E-state index in [9.17, 15) is 4.79 Å². The summed E-state index contributed by atoms with van der Waals surface area (Å²) in [5.74, 6) is 0.0498. The van der Waals surface area contributed by atoms with Gasteiger partial charge in [0.2, 0.25) is 0 Å². The molecule has 0 saturated heterocycles. The molecule has 0 aliphatic rings. The fraction of sp³-hybridized carbons (Fsp3) is 0.158. The third kappa shape index (κ3) is 2.58. The minimum atomic E-state index is 0.0498. The Kier molecular flexibility index (Phi) is 3.63. The number of Topliss-reactive ketones (excluding diaryl/α,β-unsaturated/α-hetero) is 1. The van der Waals surface area contributed by atoms with Gasteiger partial charge in [0, 0.05) is 28.5 Å². The lowest BCUT2D eigenvalue weighted by molar-refractivity contribution is 0.101. The Balaban J connectivity index is 2.14. The van der Waals surface area contributed by atoms with Gasteiger partial charge in [0.15, 0.2) is 5.78 Å². The van der Waals surface area contributed by atoms with Crippen molar-refractivity contribution in [2.75, 3.05) is 5.32 Å². The average molecular weight is 290 g/mol. The number of carbonyl (C=O) groups excluding carboxylic acids is 1. The van der Waals surface area contributed by atoms with Crippen molar-refractivity contribution in [3.8, 4) is 0 Å². The summed E-state index contributed by atoms with van der Waals surface area (Å²) >= 11 is 0. The zero-order valence-electron chi connectivity index (χ0n) is 13.0. The van der Waals surface area contributed by atoms with Crippen LogP contribution in [0.25, 0.3) is 10.9 Å². The maximum atomic E-state index is 11.8. The van der Waals surface area contributed by atoms with Gasteiger partial charge in [-0.2, -0.15) is 0 Å². The van der Waals surface area contributed by atoms with Gasteiger partial charge in [0.1, 0.15) is 0 Å². The van der Waals surface area contributed by atoms with Crippen LogP contribution in [-0.4, -0.2) is 10.8 Å². The fourth-order valence-electron chi connectivity index (χ4n) is 2.77. The number of aromatic nitrogens is 1. The lowest BCUT2D eigenvalue weighted by atomic mass is 10.0. The monoisotopic (exact) mass is 290 g/mol. The molecule has 1 aromatic heterocycles.